The molecule has 3 N–H and O–H groups in total. The number of aliphatic hydroxyl groups is 2. The van der Waals surface area contributed by atoms with Crippen LogP contribution in [0.5, 0.6) is 0 Å². The first kappa shape index (κ1) is 22.9. The third kappa shape index (κ3) is 5.30. The number of aromatic nitrogens is 2. The highest BCUT2D eigenvalue weighted by Gasteiger charge is 2.30. The summed E-state index contributed by atoms with van der Waals surface area (Å²) in [6, 6.07) is 12.5. The molecule has 2 aromatic heterocycles. The largest absolute Gasteiger partial charge is 0.393 e. The van der Waals surface area contributed by atoms with Gasteiger partial charge in [0.2, 0.25) is 0 Å². The van der Waals surface area contributed by atoms with Gasteiger partial charge in [-0.05, 0) is 67.9 Å². The van der Waals surface area contributed by atoms with Crippen molar-refractivity contribution in [2.45, 2.75) is 54.3 Å². The molecule has 1 saturated carbocycles. The minimum atomic E-state index is -0.953. The average molecular weight is 487 g/mol. The topological polar surface area (TPSA) is 95.4 Å². The van der Waals surface area contributed by atoms with Crippen LogP contribution in [0.1, 0.15) is 61.1 Å². The lowest BCUT2D eigenvalue weighted by Crippen LogP contribution is -2.18. The fourth-order valence-corrected chi connectivity index (χ4v) is 6.66. The molecule has 2 fully saturated rings. The molecule has 2 aliphatic rings. The van der Waals surface area contributed by atoms with Crippen LogP contribution in [0.4, 0.5) is 0 Å². The molecule has 176 valence electrons. The van der Waals surface area contributed by atoms with E-state index in [0.29, 0.717) is 16.9 Å². The van der Waals surface area contributed by atoms with Crippen LogP contribution < -0.4 is 0 Å². The Balaban J connectivity index is 1.40. The average Bonchev–Trinajstić information content (AvgIpc) is 3.38. The van der Waals surface area contributed by atoms with Gasteiger partial charge in [-0.25, -0.2) is 4.98 Å². The van der Waals surface area contributed by atoms with Crippen molar-refractivity contribution in [3.8, 4) is 10.7 Å². The van der Waals surface area contributed by atoms with E-state index in [4.69, 9.17) is 4.74 Å². The maximum absolute atomic E-state index is 12.6. The summed E-state index contributed by atoms with van der Waals surface area (Å²) in [6.45, 7) is 1.30. The maximum Gasteiger partial charge on any atom is 0.140 e. The minimum Gasteiger partial charge on any atom is -0.393 e. The monoisotopic (exact) mass is 486 g/mol. The summed E-state index contributed by atoms with van der Waals surface area (Å²) in [5.41, 5.74) is 3.76. The van der Waals surface area contributed by atoms with E-state index in [-0.39, 0.29) is 12.5 Å². The first-order valence-electron chi connectivity index (χ1n) is 11.6. The van der Waals surface area contributed by atoms with Crippen LogP contribution in [0, 0.1) is 5.92 Å². The molecule has 8 heteroatoms. The van der Waals surface area contributed by atoms with Crippen LogP contribution in [-0.4, -0.2) is 49.5 Å². The number of rotatable bonds is 9. The van der Waals surface area contributed by atoms with Gasteiger partial charge in [0.1, 0.15) is 11.1 Å². The SMILES string of the molecule is O=S(c1ccc(C(CC2CCOCC2)c2ccc(-c3nc(C(O)CO)cs3)[nH]2)cc1)C1CC1. The predicted octanol–water partition coefficient (Wildman–Crippen LogP) is 4.38. The lowest BCUT2D eigenvalue weighted by molar-refractivity contribution is 0.0626. The highest BCUT2D eigenvalue weighted by Crippen LogP contribution is 2.37. The van der Waals surface area contributed by atoms with Crippen molar-refractivity contribution in [3.63, 3.8) is 0 Å². The van der Waals surface area contributed by atoms with Crippen LogP contribution in [-0.2, 0) is 15.5 Å². The second-order valence-electron chi connectivity index (χ2n) is 9.01. The van der Waals surface area contributed by atoms with Gasteiger partial charge in [0.05, 0.1) is 28.8 Å². The zero-order valence-corrected chi connectivity index (χ0v) is 20.1. The maximum atomic E-state index is 12.6. The third-order valence-corrected chi connectivity index (χ3v) is 9.31. The normalized spacial score (nSPS) is 19.9. The van der Waals surface area contributed by atoms with Crippen molar-refractivity contribution in [1.82, 2.24) is 9.97 Å². The van der Waals surface area contributed by atoms with E-state index in [1.54, 1.807) is 5.38 Å². The number of ether oxygens (including phenoxy) is 1. The van der Waals surface area contributed by atoms with E-state index in [0.717, 1.165) is 66.6 Å². The van der Waals surface area contributed by atoms with Gasteiger partial charge in [-0.2, -0.15) is 0 Å². The lowest BCUT2D eigenvalue weighted by atomic mass is 9.83. The summed E-state index contributed by atoms with van der Waals surface area (Å²) in [5, 5.41) is 22.0. The van der Waals surface area contributed by atoms with Gasteiger partial charge in [-0.1, -0.05) is 12.1 Å². The highest BCUT2D eigenvalue weighted by atomic mass is 32.2. The molecule has 0 bridgehead atoms. The zero-order chi connectivity index (χ0) is 22.8. The number of aromatic amines is 1. The smallest absolute Gasteiger partial charge is 0.140 e. The molecule has 3 aromatic rings. The third-order valence-electron chi connectivity index (χ3n) is 6.60. The summed E-state index contributed by atoms with van der Waals surface area (Å²) in [4.78, 5) is 8.99. The molecule has 0 spiro atoms. The zero-order valence-electron chi connectivity index (χ0n) is 18.5. The molecule has 1 aromatic carbocycles. The number of nitrogens with one attached hydrogen (secondary N) is 1. The summed E-state index contributed by atoms with van der Waals surface area (Å²) in [6.07, 6.45) is 4.36. The van der Waals surface area contributed by atoms with E-state index in [2.05, 4.69) is 28.2 Å². The Morgan fingerprint density at radius 1 is 1.12 bits per heavy atom. The molecule has 33 heavy (non-hydrogen) atoms. The van der Waals surface area contributed by atoms with Crippen LogP contribution >= 0.6 is 11.3 Å². The predicted molar refractivity (Wildman–Crippen MR) is 130 cm³/mol. The van der Waals surface area contributed by atoms with Crippen LogP contribution in [0.25, 0.3) is 10.7 Å². The van der Waals surface area contributed by atoms with Crippen LogP contribution in [0.2, 0.25) is 0 Å². The van der Waals surface area contributed by atoms with Crippen molar-refractivity contribution in [1.29, 1.82) is 0 Å². The van der Waals surface area contributed by atoms with Gasteiger partial charge < -0.3 is 19.9 Å². The summed E-state index contributed by atoms with van der Waals surface area (Å²) in [7, 11) is -0.889. The molecule has 3 atom stereocenters. The van der Waals surface area contributed by atoms with E-state index in [1.165, 1.54) is 16.9 Å². The number of aliphatic hydroxyl groups excluding tert-OH is 2. The van der Waals surface area contributed by atoms with E-state index < -0.39 is 16.9 Å². The van der Waals surface area contributed by atoms with Crippen molar-refractivity contribution in [2.24, 2.45) is 5.92 Å². The second kappa shape index (κ2) is 10.2. The Morgan fingerprint density at radius 3 is 2.58 bits per heavy atom. The summed E-state index contributed by atoms with van der Waals surface area (Å²) < 4.78 is 18.1. The summed E-state index contributed by atoms with van der Waals surface area (Å²) in [5.74, 6) is 0.801. The van der Waals surface area contributed by atoms with Crippen molar-refractivity contribution in [3.05, 3.63) is 58.7 Å². The number of hydrogen-bond donors (Lipinski definition) is 3. The van der Waals surface area contributed by atoms with Gasteiger partial charge in [0.15, 0.2) is 0 Å². The van der Waals surface area contributed by atoms with E-state index in [1.807, 2.05) is 18.2 Å². The number of thiazole rings is 1. The Morgan fingerprint density at radius 2 is 1.88 bits per heavy atom. The number of nitrogens with zero attached hydrogens (tertiary/aromatic N) is 1. The fraction of sp³-hybridized carbons (Fsp3) is 0.480. The highest BCUT2D eigenvalue weighted by molar-refractivity contribution is 7.86. The van der Waals surface area contributed by atoms with Crippen molar-refractivity contribution in [2.75, 3.05) is 19.8 Å². The fourth-order valence-electron chi connectivity index (χ4n) is 4.46. The molecule has 0 amide bonds. The molecule has 3 heterocycles. The molecule has 3 unspecified atom stereocenters. The molecule has 1 aliphatic heterocycles. The van der Waals surface area contributed by atoms with E-state index >= 15 is 0 Å². The van der Waals surface area contributed by atoms with E-state index in [9.17, 15) is 14.4 Å². The van der Waals surface area contributed by atoms with Gasteiger partial charge in [-0.3, -0.25) is 4.21 Å². The molecule has 6 nitrogen and oxygen atoms in total. The molecule has 0 radical (unpaired) electrons. The molecular weight excluding hydrogens is 456 g/mol. The van der Waals surface area contributed by atoms with Crippen LogP contribution in [0.3, 0.4) is 0 Å². The summed E-state index contributed by atoms with van der Waals surface area (Å²) >= 11 is 1.45. The molecular formula is C25H30N2O4S2. The minimum absolute atomic E-state index is 0.202. The number of hydrogen-bond acceptors (Lipinski definition) is 6. The van der Waals surface area contributed by atoms with Crippen molar-refractivity contribution >= 4 is 22.1 Å². The quantitative estimate of drug-likeness (QED) is 0.417. The first-order valence-corrected chi connectivity index (χ1v) is 13.7. The second-order valence-corrected chi connectivity index (χ2v) is 11.6. The standard InChI is InChI=1S/C25H30N2O4S2/c28-14-24(29)23-15-32-25(27-23)22-8-7-21(26-22)20(13-16-9-11-31-12-10-16)17-1-3-18(4-2-17)33(30)19-5-6-19/h1-4,7-8,15-16,19-20,24,26,28-29H,5-6,9-14H2. The van der Waals surface area contributed by atoms with Crippen molar-refractivity contribution < 1.29 is 19.2 Å². The Hall–Kier alpha value is -1.84. The number of H-pyrrole nitrogens is 1. The van der Waals surface area contributed by atoms with Gasteiger partial charge >= 0.3 is 0 Å². The number of benzene rings is 1. The van der Waals surface area contributed by atoms with Crippen LogP contribution in [0.15, 0.2) is 46.7 Å². The molecule has 1 aliphatic carbocycles. The van der Waals surface area contributed by atoms with Gasteiger partial charge in [-0.15, -0.1) is 11.3 Å². The van der Waals surface area contributed by atoms with Gasteiger partial charge in [0, 0.05) is 40.4 Å². The first-order chi connectivity index (χ1) is 16.1. The Kier molecular flexibility index (Phi) is 7.08. The Labute approximate surface area is 200 Å². The molecule has 5 rings (SSSR count). The lowest BCUT2D eigenvalue weighted by Gasteiger charge is -2.27. The molecule has 1 saturated heterocycles. The Bertz CT molecular complexity index is 1080. The van der Waals surface area contributed by atoms with Gasteiger partial charge in [0.25, 0.3) is 0 Å².